The van der Waals surface area contributed by atoms with Crippen LogP contribution < -0.4 is 9.64 Å². The number of hydrogen-bond donors (Lipinski definition) is 0. The van der Waals surface area contributed by atoms with Crippen LogP contribution in [0.15, 0.2) is 65.1 Å². The summed E-state index contributed by atoms with van der Waals surface area (Å²) in [6, 6.07) is 19.8. The van der Waals surface area contributed by atoms with E-state index >= 15 is 0 Å². The van der Waals surface area contributed by atoms with E-state index < -0.39 is 5.92 Å². The first kappa shape index (κ1) is 19.9. The number of benzene rings is 3. The summed E-state index contributed by atoms with van der Waals surface area (Å²) in [5, 5.41) is 1.95. The number of carbonyl (C=O) groups is 2. The first-order chi connectivity index (χ1) is 16.1. The van der Waals surface area contributed by atoms with Crippen molar-refractivity contribution in [2.24, 2.45) is 5.92 Å². The van der Waals surface area contributed by atoms with Gasteiger partial charge in [0.2, 0.25) is 11.8 Å². The van der Waals surface area contributed by atoms with Crippen LogP contribution in [0, 0.1) is 5.92 Å². The number of para-hydroxylation sites is 1. The van der Waals surface area contributed by atoms with Gasteiger partial charge in [-0.05, 0) is 36.1 Å². The van der Waals surface area contributed by atoms with Gasteiger partial charge in [-0.2, -0.15) is 0 Å². The van der Waals surface area contributed by atoms with Gasteiger partial charge in [0.1, 0.15) is 22.8 Å². The Morgan fingerprint density at radius 2 is 1.76 bits per heavy atom. The molecule has 166 valence electrons. The van der Waals surface area contributed by atoms with E-state index in [1.807, 2.05) is 53.4 Å². The number of nitrogens with zero attached hydrogens (tertiary/aromatic N) is 2. The SMILES string of the molecule is COc1cc2c(cc1N1CC[C@@H](C(=O)N3CCc4ccccc4C3)C1=O)oc1ccccc12. The molecule has 3 aromatic carbocycles. The van der Waals surface area contributed by atoms with E-state index in [-0.39, 0.29) is 11.8 Å². The average molecular weight is 440 g/mol. The van der Waals surface area contributed by atoms with Crippen LogP contribution in [-0.2, 0) is 22.6 Å². The van der Waals surface area contributed by atoms with E-state index in [0.29, 0.717) is 43.1 Å². The van der Waals surface area contributed by atoms with Crippen molar-refractivity contribution in [2.75, 3.05) is 25.1 Å². The van der Waals surface area contributed by atoms with Crippen LogP contribution in [0.2, 0.25) is 0 Å². The summed E-state index contributed by atoms with van der Waals surface area (Å²) in [6.45, 7) is 1.68. The van der Waals surface area contributed by atoms with Crippen LogP contribution in [0.25, 0.3) is 21.9 Å². The number of carbonyl (C=O) groups excluding carboxylic acids is 2. The predicted octanol–water partition coefficient (Wildman–Crippen LogP) is 4.53. The highest BCUT2D eigenvalue weighted by atomic mass is 16.5. The van der Waals surface area contributed by atoms with E-state index in [2.05, 4.69) is 12.1 Å². The summed E-state index contributed by atoms with van der Waals surface area (Å²) >= 11 is 0. The van der Waals surface area contributed by atoms with Crippen LogP contribution in [0.5, 0.6) is 5.75 Å². The molecule has 0 bridgehead atoms. The molecule has 33 heavy (non-hydrogen) atoms. The Labute approximate surface area is 191 Å². The molecule has 0 unspecified atom stereocenters. The molecule has 4 aromatic rings. The number of rotatable bonds is 3. The number of amides is 2. The fourth-order valence-corrected chi connectivity index (χ4v) is 5.17. The molecule has 0 radical (unpaired) electrons. The number of anilines is 1. The Morgan fingerprint density at radius 3 is 2.61 bits per heavy atom. The summed E-state index contributed by atoms with van der Waals surface area (Å²) < 4.78 is 11.7. The molecule has 1 saturated heterocycles. The second-order valence-electron chi connectivity index (χ2n) is 8.73. The Balaban J connectivity index is 1.29. The fourth-order valence-electron chi connectivity index (χ4n) is 5.17. The van der Waals surface area contributed by atoms with Crippen molar-refractivity contribution >= 4 is 39.4 Å². The summed E-state index contributed by atoms with van der Waals surface area (Å²) in [7, 11) is 1.60. The van der Waals surface area contributed by atoms with Gasteiger partial charge in [0.15, 0.2) is 0 Å². The minimum absolute atomic E-state index is 0.0826. The van der Waals surface area contributed by atoms with Gasteiger partial charge in [-0.3, -0.25) is 9.59 Å². The second-order valence-corrected chi connectivity index (χ2v) is 8.73. The maximum Gasteiger partial charge on any atom is 0.239 e. The largest absolute Gasteiger partial charge is 0.495 e. The zero-order valence-electron chi connectivity index (χ0n) is 18.4. The van der Waals surface area contributed by atoms with Gasteiger partial charge in [-0.15, -0.1) is 0 Å². The highest BCUT2D eigenvalue weighted by molar-refractivity contribution is 6.12. The van der Waals surface area contributed by atoms with Crippen molar-refractivity contribution < 1.29 is 18.7 Å². The third-order valence-electron chi connectivity index (χ3n) is 6.91. The monoisotopic (exact) mass is 440 g/mol. The first-order valence-electron chi connectivity index (χ1n) is 11.3. The lowest BCUT2D eigenvalue weighted by Crippen LogP contribution is -2.42. The number of furan rings is 1. The topological polar surface area (TPSA) is 63.0 Å². The van der Waals surface area contributed by atoms with Gasteiger partial charge in [-0.1, -0.05) is 42.5 Å². The third kappa shape index (κ3) is 3.17. The molecule has 0 saturated carbocycles. The van der Waals surface area contributed by atoms with Gasteiger partial charge in [0.25, 0.3) is 0 Å². The van der Waals surface area contributed by atoms with Gasteiger partial charge in [0, 0.05) is 36.5 Å². The van der Waals surface area contributed by atoms with Crippen LogP contribution in [-0.4, -0.2) is 36.9 Å². The van der Waals surface area contributed by atoms with Crippen molar-refractivity contribution in [3.63, 3.8) is 0 Å². The Hall–Kier alpha value is -3.80. The first-order valence-corrected chi connectivity index (χ1v) is 11.3. The van der Waals surface area contributed by atoms with Gasteiger partial charge >= 0.3 is 0 Å². The highest BCUT2D eigenvalue weighted by Gasteiger charge is 2.41. The number of ether oxygens (including phenoxy) is 1. The summed E-state index contributed by atoms with van der Waals surface area (Å²) in [4.78, 5) is 30.2. The molecular weight excluding hydrogens is 416 g/mol. The summed E-state index contributed by atoms with van der Waals surface area (Å²) in [6.07, 6.45) is 1.32. The van der Waals surface area contributed by atoms with Crippen LogP contribution in [0.1, 0.15) is 17.5 Å². The smallest absolute Gasteiger partial charge is 0.239 e. The second kappa shape index (κ2) is 7.66. The molecular formula is C27H24N2O4. The van der Waals surface area contributed by atoms with Crippen LogP contribution in [0.3, 0.4) is 0 Å². The maximum atomic E-state index is 13.4. The predicted molar refractivity (Wildman–Crippen MR) is 126 cm³/mol. The van der Waals surface area contributed by atoms with E-state index in [4.69, 9.17) is 9.15 Å². The lowest BCUT2D eigenvalue weighted by atomic mass is 9.98. The molecule has 2 amide bonds. The zero-order chi connectivity index (χ0) is 22.5. The summed E-state index contributed by atoms with van der Waals surface area (Å²) in [5.41, 5.74) is 4.58. The molecule has 2 aliphatic heterocycles. The van der Waals surface area contributed by atoms with Gasteiger partial charge < -0.3 is 19.0 Å². The molecule has 3 heterocycles. The molecule has 6 rings (SSSR count). The fraction of sp³-hybridized carbons (Fsp3) is 0.259. The number of methoxy groups -OCH3 is 1. The van der Waals surface area contributed by atoms with E-state index in [1.54, 1.807) is 12.0 Å². The van der Waals surface area contributed by atoms with E-state index in [9.17, 15) is 9.59 Å². The van der Waals surface area contributed by atoms with Crippen molar-refractivity contribution in [2.45, 2.75) is 19.4 Å². The molecule has 1 fully saturated rings. The number of fused-ring (bicyclic) bond motifs is 4. The molecule has 6 heteroatoms. The molecule has 0 aliphatic carbocycles. The lowest BCUT2D eigenvalue weighted by Gasteiger charge is -2.30. The van der Waals surface area contributed by atoms with Crippen molar-refractivity contribution in [3.05, 3.63) is 71.8 Å². The van der Waals surface area contributed by atoms with E-state index in [0.717, 1.165) is 28.3 Å². The summed E-state index contributed by atoms with van der Waals surface area (Å²) in [5.74, 6) is -0.317. The van der Waals surface area contributed by atoms with Crippen LogP contribution >= 0.6 is 0 Å². The van der Waals surface area contributed by atoms with Crippen molar-refractivity contribution in [1.29, 1.82) is 0 Å². The van der Waals surface area contributed by atoms with Crippen molar-refractivity contribution in [3.8, 4) is 5.75 Å². The third-order valence-corrected chi connectivity index (χ3v) is 6.91. The normalized spacial score (nSPS) is 18.2. The molecule has 6 nitrogen and oxygen atoms in total. The Kier molecular flexibility index (Phi) is 4.61. The van der Waals surface area contributed by atoms with Crippen molar-refractivity contribution in [1.82, 2.24) is 4.90 Å². The Bertz CT molecular complexity index is 1410. The highest BCUT2D eigenvalue weighted by Crippen LogP contribution is 2.40. The van der Waals surface area contributed by atoms with Gasteiger partial charge in [-0.25, -0.2) is 0 Å². The lowest BCUT2D eigenvalue weighted by molar-refractivity contribution is -0.140. The molecule has 1 atom stereocenters. The zero-order valence-corrected chi connectivity index (χ0v) is 18.4. The standard InChI is InChI=1S/C27H24N2O4/c1-32-25-14-21-19-8-4-5-9-23(19)33-24(21)15-22(25)29-13-11-20(27(29)31)26(30)28-12-10-17-6-2-3-7-18(17)16-28/h2-9,14-15,20H,10-13,16H2,1H3/t20-/m0/s1. The minimum Gasteiger partial charge on any atom is -0.495 e. The van der Waals surface area contributed by atoms with Crippen LogP contribution in [0.4, 0.5) is 5.69 Å². The quantitative estimate of drug-likeness (QED) is 0.439. The molecule has 0 N–H and O–H groups in total. The van der Waals surface area contributed by atoms with Gasteiger partial charge in [0.05, 0.1) is 12.8 Å². The van der Waals surface area contributed by atoms with E-state index in [1.165, 1.54) is 5.56 Å². The minimum atomic E-state index is -0.661. The molecule has 2 aliphatic rings. The average Bonchev–Trinajstić information content (AvgIpc) is 3.42. The molecule has 1 aromatic heterocycles. The maximum absolute atomic E-state index is 13.4. The Morgan fingerprint density at radius 1 is 0.970 bits per heavy atom. The molecule has 0 spiro atoms. The number of hydrogen-bond acceptors (Lipinski definition) is 4.